The topological polar surface area (TPSA) is 49.4 Å². The quantitative estimate of drug-likeness (QED) is 0.913. The third-order valence-electron chi connectivity index (χ3n) is 3.38. The van der Waals surface area contributed by atoms with Crippen LogP contribution in [0.15, 0.2) is 24.3 Å². The minimum absolute atomic E-state index is 0.00215. The van der Waals surface area contributed by atoms with Crippen LogP contribution in [-0.4, -0.2) is 29.8 Å². The van der Waals surface area contributed by atoms with Crippen LogP contribution in [0.2, 0.25) is 5.02 Å². The number of nitrogens with zero attached hydrogens (tertiary/aromatic N) is 1. The first kappa shape index (κ1) is 15.8. The zero-order chi connectivity index (χ0) is 15.6. The smallest absolute Gasteiger partial charge is 0.247 e. The predicted molar refractivity (Wildman–Crippen MR) is 83.0 cm³/mol. The van der Waals surface area contributed by atoms with Crippen LogP contribution in [0, 0.1) is 5.41 Å². The highest BCUT2D eigenvalue weighted by Gasteiger charge is 2.35. The van der Waals surface area contributed by atoms with Crippen molar-refractivity contribution in [3.05, 3.63) is 34.9 Å². The lowest BCUT2D eigenvalue weighted by atomic mass is 9.90. The van der Waals surface area contributed by atoms with Gasteiger partial charge in [0.15, 0.2) is 0 Å². The molecule has 1 fully saturated rings. The highest BCUT2D eigenvalue weighted by atomic mass is 35.5. The van der Waals surface area contributed by atoms with Gasteiger partial charge in [-0.3, -0.25) is 9.59 Å². The minimum Gasteiger partial charge on any atom is -0.352 e. The van der Waals surface area contributed by atoms with E-state index in [2.05, 4.69) is 5.32 Å². The summed E-state index contributed by atoms with van der Waals surface area (Å²) in [4.78, 5) is 26.4. The number of halogens is 1. The fourth-order valence-corrected chi connectivity index (χ4v) is 2.70. The molecule has 1 saturated heterocycles. The predicted octanol–water partition coefficient (Wildman–Crippen LogP) is 2.78. The number of hydrogen-bond acceptors (Lipinski definition) is 2. The van der Waals surface area contributed by atoms with Crippen LogP contribution in [0.3, 0.4) is 0 Å². The molecule has 1 aromatic rings. The normalized spacial score (nSPS) is 19.3. The van der Waals surface area contributed by atoms with E-state index in [9.17, 15) is 9.59 Å². The van der Waals surface area contributed by atoms with E-state index in [4.69, 9.17) is 11.6 Å². The average molecular weight is 309 g/mol. The zero-order valence-electron chi connectivity index (χ0n) is 12.6. The van der Waals surface area contributed by atoms with Crippen LogP contribution in [0.4, 0.5) is 0 Å². The number of carbonyl (C=O) groups excluding carboxylic acids is 2. The van der Waals surface area contributed by atoms with Crippen LogP contribution >= 0.6 is 11.6 Å². The van der Waals surface area contributed by atoms with Gasteiger partial charge in [-0.1, -0.05) is 44.5 Å². The molecule has 2 amide bonds. The maximum atomic E-state index is 12.5. The second-order valence-electron chi connectivity index (χ2n) is 6.57. The number of carbonyl (C=O) groups is 2. The molecule has 1 N–H and O–H groups in total. The summed E-state index contributed by atoms with van der Waals surface area (Å²) in [7, 11) is 0. The highest BCUT2D eigenvalue weighted by Crippen LogP contribution is 2.28. The molecule has 1 atom stereocenters. The first-order chi connectivity index (χ1) is 9.78. The van der Waals surface area contributed by atoms with Crippen LogP contribution in [0.5, 0.6) is 0 Å². The molecule has 0 radical (unpaired) electrons. The van der Waals surface area contributed by atoms with Crippen molar-refractivity contribution in [2.45, 2.75) is 33.2 Å². The van der Waals surface area contributed by atoms with Crippen molar-refractivity contribution in [2.24, 2.45) is 5.41 Å². The molecule has 1 aromatic carbocycles. The Morgan fingerprint density at radius 1 is 1.43 bits per heavy atom. The molecule has 2 rings (SSSR count). The van der Waals surface area contributed by atoms with Gasteiger partial charge in [0.2, 0.25) is 11.8 Å². The van der Waals surface area contributed by atoms with Gasteiger partial charge in [-0.2, -0.15) is 0 Å². The van der Waals surface area contributed by atoms with E-state index in [0.29, 0.717) is 24.5 Å². The van der Waals surface area contributed by atoms with Gasteiger partial charge in [0, 0.05) is 24.5 Å². The molecular weight excluding hydrogens is 288 g/mol. The first-order valence-corrected chi connectivity index (χ1v) is 7.48. The number of nitrogens with one attached hydrogen (secondary N) is 1. The minimum atomic E-state index is -0.590. The highest BCUT2D eigenvalue weighted by molar-refractivity contribution is 6.30. The molecule has 0 saturated carbocycles. The molecule has 0 bridgehead atoms. The Balaban J connectivity index is 2.29. The molecule has 1 aliphatic rings. The van der Waals surface area contributed by atoms with Crippen LogP contribution in [0.25, 0.3) is 0 Å². The molecule has 21 heavy (non-hydrogen) atoms. The monoisotopic (exact) mass is 308 g/mol. The van der Waals surface area contributed by atoms with Crippen LogP contribution < -0.4 is 5.32 Å². The Hall–Kier alpha value is -1.55. The van der Waals surface area contributed by atoms with Gasteiger partial charge >= 0.3 is 0 Å². The Kier molecular flexibility index (Phi) is 4.57. The summed E-state index contributed by atoms with van der Waals surface area (Å²) in [6, 6.07) is 6.54. The largest absolute Gasteiger partial charge is 0.352 e. The van der Waals surface area contributed by atoms with Gasteiger partial charge in [0.25, 0.3) is 0 Å². The van der Waals surface area contributed by atoms with E-state index in [-0.39, 0.29) is 17.2 Å². The summed E-state index contributed by atoms with van der Waals surface area (Å²) < 4.78 is 0. The van der Waals surface area contributed by atoms with Gasteiger partial charge in [0.1, 0.15) is 6.04 Å². The van der Waals surface area contributed by atoms with Crippen molar-refractivity contribution in [3.63, 3.8) is 0 Å². The van der Waals surface area contributed by atoms with Crippen molar-refractivity contribution in [1.82, 2.24) is 10.2 Å². The lowest BCUT2D eigenvalue weighted by Gasteiger charge is -2.36. The van der Waals surface area contributed by atoms with Crippen molar-refractivity contribution in [2.75, 3.05) is 13.1 Å². The number of hydrogen-bond donors (Lipinski definition) is 1. The SMILES string of the molecule is CC(C)(C)CC(=O)N1CCNC(=O)C1c1cccc(Cl)c1. The molecular formula is C16H21ClN2O2. The third kappa shape index (κ3) is 3.97. The summed E-state index contributed by atoms with van der Waals surface area (Å²) in [5, 5.41) is 3.39. The molecule has 1 unspecified atom stereocenters. The van der Waals surface area contributed by atoms with Crippen molar-refractivity contribution in [3.8, 4) is 0 Å². The molecule has 1 aliphatic heterocycles. The van der Waals surface area contributed by atoms with Gasteiger partial charge in [-0.25, -0.2) is 0 Å². The summed E-state index contributed by atoms with van der Waals surface area (Å²) in [6.45, 7) is 7.07. The Bertz CT molecular complexity index is 551. The van der Waals surface area contributed by atoms with Crippen molar-refractivity contribution in [1.29, 1.82) is 0 Å². The molecule has 0 spiro atoms. The van der Waals surface area contributed by atoms with E-state index in [1.54, 1.807) is 23.1 Å². The number of amides is 2. The van der Waals surface area contributed by atoms with Crippen LogP contribution in [-0.2, 0) is 9.59 Å². The van der Waals surface area contributed by atoms with Gasteiger partial charge in [-0.15, -0.1) is 0 Å². The maximum absolute atomic E-state index is 12.5. The Labute approximate surface area is 130 Å². The third-order valence-corrected chi connectivity index (χ3v) is 3.61. The molecule has 1 heterocycles. The molecule has 0 aliphatic carbocycles. The van der Waals surface area contributed by atoms with E-state index in [1.165, 1.54) is 0 Å². The van der Waals surface area contributed by atoms with E-state index in [1.807, 2.05) is 26.8 Å². The standard InChI is InChI=1S/C16H21ClN2O2/c1-16(2,3)10-13(20)19-8-7-18-15(21)14(19)11-5-4-6-12(17)9-11/h4-6,9,14H,7-8,10H2,1-3H3,(H,18,21). The van der Waals surface area contributed by atoms with Crippen molar-refractivity contribution >= 4 is 23.4 Å². The van der Waals surface area contributed by atoms with E-state index in [0.717, 1.165) is 5.56 Å². The second kappa shape index (κ2) is 6.06. The molecule has 114 valence electrons. The molecule has 4 nitrogen and oxygen atoms in total. The molecule has 0 aromatic heterocycles. The Morgan fingerprint density at radius 2 is 2.14 bits per heavy atom. The molecule has 5 heteroatoms. The average Bonchev–Trinajstić information content (AvgIpc) is 2.36. The number of rotatable bonds is 2. The van der Waals surface area contributed by atoms with Crippen molar-refractivity contribution < 1.29 is 9.59 Å². The Morgan fingerprint density at radius 3 is 2.76 bits per heavy atom. The van der Waals surface area contributed by atoms with Gasteiger partial charge < -0.3 is 10.2 Å². The number of piperazine rings is 1. The van der Waals surface area contributed by atoms with Gasteiger partial charge in [0.05, 0.1) is 0 Å². The fourth-order valence-electron chi connectivity index (χ4n) is 2.50. The fraction of sp³-hybridized carbons (Fsp3) is 0.500. The lowest BCUT2D eigenvalue weighted by molar-refractivity contribution is -0.144. The zero-order valence-corrected chi connectivity index (χ0v) is 13.4. The number of benzene rings is 1. The summed E-state index contributed by atoms with van der Waals surface area (Å²) in [5.74, 6) is -0.145. The van der Waals surface area contributed by atoms with E-state index < -0.39 is 6.04 Å². The maximum Gasteiger partial charge on any atom is 0.247 e. The van der Waals surface area contributed by atoms with E-state index >= 15 is 0 Å². The first-order valence-electron chi connectivity index (χ1n) is 7.10. The van der Waals surface area contributed by atoms with Crippen LogP contribution in [0.1, 0.15) is 38.8 Å². The van der Waals surface area contributed by atoms with Gasteiger partial charge in [-0.05, 0) is 23.1 Å². The second-order valence-corrected chi connectivity index (χ2v) is 7.01. The summed E-state index contributed by atoms with van der Waals surface area (Å²) in [5.41, 5.74) is 0.645. The summed E-state index contributed by atoms with van der Waals surface area (Å²) in [6.07, 6.45) is 0.414. The lowest BCUT2D eigenvalue weighted by Crippen LogP contribution is -2.52. The summed E-state index contributed by atoms with van der Waals surface area (Å²) >= 11 is 6.01.